The van der Waals surface area contributed by atoms with Gasteiger partial charge in [0.2, 0.25) is 0 Å². The quantitative estimate of drug-likeness (QED) is 0.174. The highest BCUT2D eigenvalue weighted by atomic mass is 16.3. The Balaban J connectivity index is 1.16. The molecule has 0 N–H and O–H groups in total. The number of benzene rings is 8. The van der Waals surface area contributed by atoms with Crippen molar-refractivity contribution in [3.8, 4) is 44.5 Å². The lowest BCUT2D eigenvalue weighted by Gasteiger charge is -2.28. The monoisotopic (exact) mass is 679 g/mol. The fraction of sp³-hybridized carbons (Fsp3) is 0.0588. The molecule has 1 aromatic heterocycles. The molecule has 1 heterocycles. The van der Waals surface area contributed by atoms with Gasteiger partial charge in [-0.2, -0.15) is 0 Å². The molecule has 0 amide bonds. The number of fused-ring (bicyclic) bond motifs is 6. The van der Waals surface area contributed by atoms with E-state index in [1.807, 2.05) is 0 Å². The highest BCUT2D eigenvalue weighted by Gasteiger charge is 2.35. The lowest BCUT2D eigenvalue weighted by molar-refractivity contribution is 0.660. The van der Waals surface area contributed by atoms with E-state index in [1.165, 1.54) is 44.5 Å². The van der Waals surface area contributed by atoms with Gasteiger partial charge in [-0.15, -0.1) is 0 Å². The molecule has 0 aliphatic heterocycles. The van der Waals surface area contributed by atoms with E-state index in [0.29, 0.717) is 0 Å². The Morgan fingerprint density at radius 1 is 0.415 bits per heavy atom. The van der Waals surface area contributed by atoms with Crippen LogP contribution in [0.15, 0.2) is 192 Å². The summed E-state index contributed by atoms with van der Waals surface area (Å²) >= 11 is 0. The van der Waals surface area contributed by atoms with Crippen molar-refractivity contribution in [2.24, 2.45) is 0 Å². The summed E-state index contributed by atoms with van der Waals surface area (Å²) in [6.45, 7) is 4.67. The van der Waals surface area contributed by atoms with Crippen molar-refractivity contribution in [1.29, 1.82) is 0 Å². The number of rotatable bonds is 6. The van der Waals surface area contributed by atoms with E-state index in [9.17, 15) is 0 Å². The second kappa shape index (κ2) is 12.3. The maximum atomic E-state index is 6.74. The highest BCUT2D eigenvalue weighted by Crippen LogP contribution is 2.52. The fourth-order valence-corrected chi connectivity index (χ4v) is 8.41. The number of furan rings is 1. The van der Waals surface area contributed by atoms with Crippen molar-refractivity contribution in [1.82, 2.24) is 0 Å². The molecule has 9 aromatic rings. The van der Waals surface area contributed by atoms with Gasteiger partial charge in [0.15, 0.2) is 0 Å². The minimum absolute atomic E-state index is 0.0711. The number of anilines is 3. The molecule has 1 aliphatic rings. The molecule has 1 aliphatic carbocycles. The van der Waals surface area contributed by atoms with E-state index in [4.69, 9.17) is 4.42 Å². The molecule has 0 bridgehead atoms. The molecule has 0 saturated carbocycles. The van der Waals surface area contributed by atoms with Gasteiger partial charge < -0.3 is 9.32 Å². The van der Waals surface area contributed by atoms with Crippen LogP contribution in [0.2, 0.25) is 0 Å². The van der Waals surface area contributed by atoms with Gasteiger partial charge in [0.25, 0.3) is 0 Å². The normalized spacial score (nSPS) is 12.9. The van der Waals surface area contributed by atoms with Crippen LogP contribution in [-0.2, 0) is 5.41 Å². The van der Waals surface area contributed by atoms with Crippen LogP contribution in [0, 0.1) is 0 Å². The topological polar surface area (TPSA) is 16.4 Å². The standard InChI is InChI=1S/C51H37NO/c1-51(2)45-19-11-9-17-42(45)44-33-40(29-31-46(44)51)52(39-27-25-37(26-28-39)36-23-21-35(22-24-36)34-13-5-3-6-14-34)47-32-30-41(38-15-7-4-8-16-38)50-49(47)43-18-10-12-20-48(43)53-50/h3-33H,1-2H3. The van der Waals surface area contributed by atoms with Gasteiger partial charge in [-0.3, -0.25) is 0 Å². The lowest BCUT2D eigenvalue weighted by Crippen LogP contribution is -2.15. The summed E-state index contributed by atoms with van der Waals surface area (Å²) in [5.74, 6) is 0. The zero-order valence-electron chi connectivity index (χ0n) is 29.8. The molecular weight excluding hydrogens is 643 g/mol. The fourth-order valence-electron chi connectivity index (χ4n) is 8.41. The van der Waals surface area contributed by atoms with Crippen LogP contribution in [0.4, 0.5) is 17.1 Å². The van der Waals surface area contributed by atoms with Crippen LogP contribution in [0.1, 0.15) is 25.0 Å². The van der Waals surface area contributed by atoms with Crippen LogP contribution in [0.3, 0.4) is 0 Å². The zero-order chi connectivity index (χ0) is 35.5. The average molecular weight is 680 g/mol. The number of nitrogens with zero attached hydrogens (tertiary/aromatic N) is 1. The van der Waals surface area contributed by atoms with E-state index in [1.54, 1.807) is 0 Å². The Morgan fingerprint density at radius 3 is 1.68 bits per heavy atom. The molecule has 0 fully saturated rings. The molecule has 2 nitrogen and oxygen atoms in total. The minimum Gasteiger partial charge on any atom is -0.455 e. The summed E-state index contributed by atoms with van der Waals surface area (Å²) in [5.41, 5.74) is 17.3. The smallest absolute Gasteiger partial charge is 0.145 e. The number of hydrogen-bond acceptors (Lipinski definition) is 2. The van der Waals surface area contributed by atoms with Gasteiger partial charge in [0.05, 0.1) is 11.1 Å². The molecule has 0 atom stereocenters. The first kappa shape index (κ1) is 31.1. The summed E-state index contributed by atoms with van der Waals surface area (Å²) < 4.78 is 6.74. The van der Waals surface area contributed by atoms with Crippen LogP contribution in [-0.4, -0.2) is 0 Å². The maximum Gasteiger partial charge on any atom is 0.145 e. The molecule has 0 unspecified atom stereocenters. The van der Waals surface area contributed by atoms with Gasteiger partial charge in [-0.25, -0.2) is 0 Å². The average Bonchev–Trinajstić information content (AvgIpc) is 3.72. The van der Waals surface area contributed by atoms with E-state index >= 15 is 0 Å². The molecular formula is C51H37NO. The molecule has 10 rings (SSSR count). The van der Waals surface area contributed by atoms with Crippen molar-refractivity contribution in [2.45, 2.75) is 19.3 Å². The third-order valence-electron chi connectivity index (χ3n) is 11.1. The molecule has 252 valence electrons. The van der Waals surface area contributed by atoms with Crippen LogP contribution in [0.25, 0.3) is 66.4 Å². The summed E-state index contributed by atoms with van der Waals surface area (Å²) in [6, 6.07) is 67.7. The predicted octanol–water partition coefficient (Wildman–Crippen LogP) is 14.4. The molecule has 2 heteroatoms. The molecule has 0 spiro atoms. The third kappa shape index (κ3) is 5.10. The van der Waals surface area contributed by atoms with E-state index in [-0.39, 0.29) is 5.41 Å². The summed E-state index contributed by atoms with van der Waals surface area (Å²) in [4.78, 5) is 2.41. The Bertz CT molecular complexity index is 2780. The SMILES string of the molecule is CC1(C)c2ccccc2-c2cc(N(c3ccc(-c4ccc(-c5ccccc5)cc4)cc3)c3ccc(-c4ccccc4)c4oc5ccccc5c34)ccc21. The summed E-state index contributed by atoms with van der Waals surface area (Å²) in [6.07, 6.45) is 0. The van der Waals surface area contributed by atoms with Crippen molar-refractivity contribution in [3.63, 3.8) is 0 Å². The third-order valence-corrected chi connectivity index (χ3v) is 11.1. The second-order valence-corrected chi connectivity index (χ2v) is 14.5. The van der Waals surface area contributed by atoms with Crippen molar-refractivity contribution < 1.29 is 4.42 Å². The Kier molecular flexibility index (Phi) is 7.19. The number of para-hydroxylation sites is 1. The lowest BCUT2D eigenvalue weighted by atomic mass is 9.82. The molecule has 0 radical (unpaired) electrons. The zero-order valence-corrected chi connectivity index (χ0v) is 29.8. The predicted molar refractivity (Wildman–Crippen MR) is 222 cm³/mol. The Labute approximate surface area is 310 Å². The Morgan fingerprint density at radius 2 is 0.962 bits per heavy atom. The molecule has 53 heavy (non-hydrogen) atoms. The minimum atomic E-state index is -0.0711. The Hall–Kier alpha value is -6.64. The van der Waals surface area contributed by atoms with Crippen LogP contribution in [0.5, 0.6) is 0 Å². The first-order valence-electron chi connectivity index (χ1n) is 18.3. The van der Waals surface area contributed by atoms with Crippen molar-refractivity contribution >= 4 is 39.0 Å². The number of hydrogen-bond donors (Lipinski definition) is 0. The van der Waals surface area contributed by atoms with Gasteiger partial charge in [0, 0.05) is 27.7 Å². The second-order valence-electron chi connectivity index (χ2n) is 14.5. The van der Waals surface area contributed by atoms with Gasteiger partial charge in [-0.1, -0.05) is 159 Å². The maximum absolute atomic E-state index is 6.74. The van der Waals surface area contributed by atoms with Gasteiger partial charge in [-0.05, 0) is 92.5 Å². The molecule has 0 saturated heterocycles. The van der Waals surface area contributed by atoms with Crippen LogP contribution < -0.4 is 4.90 Å². The van der Waals surface area contributed by atoms with Crippen molar-refractivity contribution in [2.75, 3.05) is 4.90 Å². The largest absolute Gasteiger partial charge is 0.455 e. The van der Waals surface area contributed by atoms with Crippen molar-refractivity contribution in [3.05, 3.63) is 199 Å². The molecule has 8 aromatic carbocycles. The highest BCUT2D eigenvalue weighted by molar-refractivity contribution is 6.17. The van der Waals surface area contributed by atoms with E-state index < -0.39 is 0 Å². The van der Waals surface area contributed by atoms with Crippen LogP contribution >= 0.6 is 0 Å². The summed E-state index contributed by atoms with van der Waals surface area (Å²) in [7, 11) is 0. The first-order valence-corrected chi connectivity index (χ1v) is 18.3. The van der Waals surface area contributed by atoms with E-state index in [2.05, 4.69) is 207 Å². The van der Waals surface area contributed by atoms with E-state index in [0.717, 1.165) is 50.1 Å². The summed E-state index contributed by atoms with van der Waals surface area (Å²) in [5, 5.41) is 2.20. The van der Waals surface area contributed by atoms with Gasteiger partial charge in [0.1, 0.15) is 11.2 Å². The first-order chi connectivity index (χ1) is 26.0. The van der Waals surface area contributed by atoms with Gasteiger partial charge >= 0.3 is 0 Å².